The monoisotopic (exact) mass is 246 g/mol. The molecule has 15 heavy (non-hydrogen) atoms. The molecule has 0 spiro atoms. The molecule has 0 heterocycles. The molecule has 4 heteroatoms. The summed E-state index contributed by atoms with van der Waals surface area (Å²) < 4.78 is 11.9. The van der Waals surface area contributed by atoms with Gasteiger partial charge in [0.05, 0.1) is 5.02 Å². The lowest BCUT2D eigenvalue weighted by Gasteiger charge is -2.26. The van der Waals surface area contributed by atoms with Crippen LogP contribution in [0.25, 0.3) is 0 Å². The zero-order valence-corrected chi connectivity index (χ0v) is 10.7. The van der Waals surface area contributed by atoms with Gasteiger partial charge in [0, 0.05) is 6.07 Å². The van der Waals surface area contributed by atoms with E-state index in [9.17, 15) is 9.66 Å². The first-order valence-electron chi connectivity index (χ1n) is 4.79. The van der Waals surface area contributed by atoms with Crippen molar-refractivity contribution >= 4 is 22.8 Å². The summed E-state index contributed by atoms with van der Waals surface area (Å²) in [5.74, 6) is 0.0201. The summed E-state index contributed by atoms with van der Waals surface area (Å²) in [6.45, 7) is 5.90. The second kappa shape index (κ2) is 4.64. The summed E-state index contributed by atoms with van der Waals surface area (Å²) in [4.78, 5) is 0.657. The molecule has 84 valence electrons. The molecule has 2 nitrogen and oxygen atoms in total. The van der Waals surface area contributed by atoms with Crippen LogP contribution < -0.4 is 0 Å². The number of rotatable bonds is 3. The Kier molecular flexibility index (Phi) is 3.93. The van der Waals surface area contributed by atoms with Gasteiger partial charge in [-0.25, -0.2) is 0 Å². The molecule has 0 aliphatic carbocycles. The second-order valence-corrected chi connectivity index (χ2v) is 6.52. The third kappa shape index (κ3) is 2.80. The number of phenolic OH excluding ortho intramolecular Hbond substituents is 1. The van der Waals surface area contributed by atoms with E-state index in [1.54, 1.807) is 12.1 Å². The van der Waals surface area contributed by atoms with Crippen molar-refractivity contribution < 1.29 is 9.66 Å². The van der Waals surface area contributed by atoms with Crippen LogP contribution in [0.15, 0.2) is 23.1 Å². The van der Waals surface area contributed by atoms with Crippen LogP contribution in [0.3, 0.4) is 0 Å². The van der Waals surface area contributed by atoms with Crippen molar-refractivity contribution in [2.45, 2.75) is 36.8 Å². The normalized spacial score (nSPS) is 13.9. The van der Waals surface area contributed by atoms with Gasteiger partial charge in [0.25, 0.3) is 0 Å². The lowest BCUT2D eigenvalue weighted by Crippen LogP contribution is -2.30. The van der Waals surface area contributed by atoms with Crippen LogP contribution >= 0.6 is 11.6 Å². The Hall–Kier alpha value is -0.380. The van der Waals surface area contributed by atoms with E-state index in [4.69, 9.17) is 11.6 Å². The van der Waals surface area contributed by atoms with Gasteiger partial charge in [0.15, 0.2) is 4.90 Å². The van der Waals surface area contributed by atoms with Gasteiger partial charge in [-0.3, -0.25) is 0 Å². The van der Waals surface area contributed by atoms with E-state index < -0.39 is 11.2 Å². The maximum atomic E-state index is 12.1. The zero-order valence-electron chi connectivity index (χ0n) is 9.08. The fourth-order valence-electron chi connectivity index (χ4n) is 1.05. The molecular formula is C11H15ClO2S. The molecule has 1 aromatic carbocycles. The smallest absolute Gasteiger partial charge is 0.154 e. The fraction of sp³-hybridized carbons (Fsp3) is 0.455. The number of benzene rings is 1. The summed E-state index contributed by atoms with van der Waals surface area (Å²) in [6, 6.07) is 4.68. The highest BCUT2D eigenvalue weighted by Crippen LogP contribution is 2.32. The predicted molar refractivity (Wildman–Crippen MR) is 63.9 cm³/mol. The van der Waals surface area contributed by atoms with E-state index in [-0.39, 0.29) is 15.5 Å². The molecule has 0 aliphatic heterocycles. The summed E-state index contributed by atoms with van der Waals surface area (Å²) in [5.41, 5.74) is 0. The summed E-state index contributed by atoms with van der Waals surface area (Å²) >= 11 is 4.66. The Balaban J connectivity index is 3.02. The Morgan fingerprint density at radius 2 is 2.07 bits per heavy atom. The highest BCUT2D eigenvalue weighted by Gasteiger charge is 2.31. The van der Waals surface area contributed by atoms with E-state index in [1.165, 1.54) is 6.07 Å². The number of aromatic hydroxyl groups is 1. The van der Waals surface area contributed by atoms with Crippen LogP contribution in [0.2, 0.25) is 5.02 Å². The molecule has 0 aromatic heterocycles. The number of halogens is 1. The zero-order chi connectivity index (χ0) is 11.6. The third-order valence-electron chi connectivity index (χ3n) is 2.49. The molecule has 1 aromatic rings. The van der Waals surface area contributed by atoms with Crippen molar-refractivity contribution in [3.63, 3.8) is 0 Å². The van der Waals surface area contributed by atoms with E-state index in [0.29, 0.717) is 4.90 Å². The Bertz CT molecular complexity index is 352. The van der Waals surface area contributed by atoms with Crippen molar-refractivity contribution in [2.24, 2.45) is 0 Å². The third-order valence-corrected chi connectivity index (χ3v) is 4.76. The van der Waals surface area contributed by atoms with E-state index in [2.05, 4.69) is 0 Å². The fourth-order valence-corrected chi connectivity index (χ4v) is 2.62. The lowest BCUT2D eigenvalue weighted by molar-refractivity contribution is 0.475. The highest BCUT2D eigenvalue weighted by molar-refractivity contribution is 7.92. The quantitative estimate of drug-likeness (QED) is 0.832. The Labute approximate surface area is 98.4 Å². The summed E-state index contributed by atoms with van der Waals surface area (Å²) in [7, 11) is 0. The van der Waals surface area contributed by atoms with Crippen LogP contribution in [-0.4, -0.2) is 14.4 Å². The van der Waals surface area contributed by atoms with Gasteiger partial charge in [0.2, 0.25) is 0 Å². The van der Waals surface area contributed by atoms with E-state index in [1.807, 2.05) is 20.8 Å². The topological polar surface area (TPSA) is 43.3 Å². The number of hydrogen-bond acceptors (Lipinski definition) is 2. The minimum atomic E-state index is -1.11. The van der Waals surface area contributed by atoms with Crippen LogP contribution in [0.4, 0.5) is 0 Å². The molecule has 1 rings (SSSR count). The van der Waals surface area contributed by atoms with Crippen molar-refractivity contribution in [1.82, 2.24) is 0 Å². The molecule has 1 N–H and O–H groups in total. The second-order valence-electron chi connectivity index (χ2n) is 4.00. The molecule has 0 fully saturated rings. The average molecular weight is 247 g/mol. The molecule has 1 unspecified atom stereocenters. The van der Waals surface area contributed by atoms with Crippen molar-refractivity contribution in [3.05, 3.63) is 23.2 Å². The lowest BCUT2D eigenvalue weighted by atomic mass is 10.1. The standard InChI is InChI=1S/C11H15ClO2S/c1-4-11(2,3)15(14)8-5-6-10(13)9(12)7-8/h5-7,13H,4H2,1-3H3. The molecule has 1 atom stereocenters. The van der Waals surface area contributed by atoms with Gasteiger partial charge in [-0.05, 0) is 43.6 Å². The summed E-state index contributed by atoms with van der Waals surface area (Å²) in [6.07, 6.45) is 0.818. The van der Waals surface area contributed by atoms with Gasteiger partial charge >= 0.3 is 0 Å². The maximum Gasteiger partial charge on any atom is 0.154 e. The molecule has 0 radical (unpaired) electrons. The molecular weight excluding hydrogens is 232 g/mol. The number of phenols is 1. The summed E-state index contributed by atoms with van der Waals surface area (Å²) in [5, 5.41) is 9.50. The average Bonchev–Trinajstić information content (AvgIpc) is 2.21. The molecule has 0 aliphatic rings. The van der Waals surface area contributed by atoms with Gasteiger partial charge in [0.1, 0.15) is 10.5 Å². The Morgan fingerprint density at radius 1 is 1.47 bits per heavy atom. The number of hydrogen-bond donors (Lipinski definition) is 1. The van der Waals surface area contributed by atoms with Gasteiger partial charge in [-0.2, -0.15) is 0 Å². The van der Waals surface area contributed by atoms with Crippen molar-refractivity contribution in [1.29, 1.82) is 0 Å². The van der Waals surface area contributed by atoms with Gasteiger partial charge in [-0.1, -0.05) is 18.5 Å². The first kappa shape index (κ1) is 12.7. The maximum absolute atomic E-state index is 12.1. The van der Waals surface area contributed by atoms with Crippen LogP contribution in [0.5, 0.6) is 5.75 Å². The Morgan fingerprint density at radius 3 is 2.53 bits per heavy atom. The molecule has 0 saturated heterocycles. The van der Waals surface area contributed by atoms with Crippen molar-refractivity contribution in [2.75, 3.05) is 0 Å². The minimum Gasteiger partial charge on any atom is -0.611 e. The first-order valence-corrected chi connectivity index (χ1v) is 6.31. The van der Waals surface area contributed by atoms with Crippen molar-refractivity contribution in [3.8, 4) is 5.75 Å². The molecule has 0 bridgehead atoms. The van der Waals surface area contributed by atoms with E-state index >= 15 is 0 Å². The van der Waals surface area contributed by atoms with Gasteiger partial charge < -0.3 is 9.66 Å². The first-order chi connectivity index (χ1) is 6.88. The predicted octanol–water partition coefficient (Wildman–Crippen LogP) is 3.34. The van der Waals surface area contributed by atoms with E-state index in [0.717, 1.165) is 6.42 Å². The largest absolute Gasteiger partial charge is 0.611 e. The minimum absolute atomic E-state index is 0.0201. The molecule has 0 saturated carbocycles. The highest BCUT2D eigenvalue weighted by atomic mass is 35.5. The van der Waals surface area contributed by atoms with Gasteiger partial charge in [-0.15, -0.1) is 0 Å². The van der Waals surface area contributed by atoms with Crippen LogP contribution in [0, 0.1) is 0 Å². The SMILES string of the molecule is CCC(C)(C)[S+]([O-])c1ccc(O)c(Cl)c1. The van der Waals surface area contributed by atoms with Crippen LogP contribution in [0.1, 0.15) is 27.2 Å². The molecule has 0 amide bonds. The van der Waals surface area contributed by atoms with Crippen LogP contribution in [-0.2, 0) is 11.2 Å².